The van der Waals surface area contributed by atoms with Crippen LogP contribution in [-0.4, -0.2) is 62.1 Å². The van der Waals surface area contributed by atoms with Crippen LogP contribution in [0.15, 0.2) is 42.5 Å². The normalized spacial score (nSPS) is 14.7. The number of carbonyl (C=O) groups excluding carboxylic acids is 1. The van der Waals surface area contributed by atoms with Crippen molar-refractivity contribution in [3.63, 3.8) is 0 Å². The topological polar surface area (TPSA) is 55.8 Å². The molecule has 0 saturated carbocycles. The van der Waals surface area contributed by atoms with Gasteiger partial charge in [-0.3, -0.25) is 4.79 Å². The average Bonchev–Trinajstić information content (AvgIpc) is 3.19. The molecule has 6 heteroatoms. The molecule has 0 unspecified atom stereocenters. The Kier molecular flexibility index (Phi) is 9.19. The second-order valence-electron chi connectivity index (χ2n) is 9.71. The SMILES string of the molecule is CCOC(=O)CCc1ccc(OC[C@H](O)C[N+](C)(C)CCC2Cc3ccccc3C2)c(Cl)c1. The Bertz CT molecular complexity index is 905. The van der Waals surface area contributed by atoms with Crippen LogP contribution in [0.5, 0.6) is 5.75 Å². The molecule has 1 aliphatic rings. The van der Waals surface area contributed by atoms with Gasteiger partial charge >= 0.3 is 5.97 Å². The fourth-order valence-corrected chi connectivity index (χ4v) is 4.84. The van der Waals surface area contributed by atoms with Gasteiger partial charge in [-0.15, -0.1) is 0 Å². The smallest absolute Gasteiger partial charge is 0.306 e. The average molecular weight is 475 g/mol. The summed E-state index contributed by atoms with van der Waals surface area (Å²) < 4.78 is 11.5. The van der Waals surface area contributed by atoms with Crippen LogP contribution in [0.2, 0.25) is 5.02 Å². The molecule has 0 saturated heterocycles. The summed E-state index contributed by atoms with van der Waals surface area (Å²) in [7, 11) is 4.33. The maximum Gasteiger partial charge on any atom is 0.306 e. The molecule has 0 amide bonds. The number of quaternary nitrogens is 1. The van der Waals surface area contributed by atoms with E-state index in [1.807, 2.05) is 12.1 Å². The molecule has 33 heavy (non-hydrogen) atoms. The van der Waals surface area contributed by atoms with E-state index in [0.29, 0.717) is 42.7 Å². The molecule has 2 aromatic carbocycles. The minimum atomic E-state index is -0.583. The highest BCUT2D eigenvalue weighted by Gasteiger charge is 2.26. The van der Waals surface area contributed by atoms with Crippen molar-refractivity contribution in [3.05, 3.63) is 64.2 Å². The van der Waals surface area contributed by atoms with Gasteiger partial charge in [0.05, 0.1) is 32.3 Å². The number of aliphatic hydroxyl groups excluding tert-OH is 1. The fraction of sp³-hybridized carbons (Fsp3) is 0.519. The summed E-state index contributed by atoms with van der Waals surface area (Å²) in [5, 5.41) is 11.1. The van der Waals surface area contributed by atoms with Gasteiger partial charge in [0.1, 0.15) is 25.0 Å². The van der Waals surface area contributed by atoms with Crippen LogP contribution in [0.4, 0.5) is 0 Å². The number of rotatable bonds is 12. The minimum absolute atomic E-state index is 0.193. The Labute approximate surface area is 202 Å². The van der Waals surface area contributed by atoms with Crippen molar-refractivity contribution in [2.45, 2.75) is 45.1 Å². The van der Waals surface area contributed by atoms with Crippen molar-refractivity contribution in [2.24, 2.45) is 5.92 Å². The number of likely N-dealkylation sites (N-methyl/N-ethyl adjacent to an activating group) is 1. The van der Waals surface area contributed by atoms with E-state index in [0.717, 1.165) is 35.9 Å². The van der Waals surface area contributed by atoms with Crippen molar-refractivity contribution in [2.75, 3.05) is 40.4 Å². The summed E-state index contributed by atoms with van der Waals surface area (Å²) >= 11 is 6.36. The zero-order valence-electron chi connectivity index (χ0n) is 20.1. The Morgan fingerprint density at radius 1 is 1.18 bits per heavy atom. The van der Waals surface area contributed by atoms with Crippen molar-refractivity contribution >= 4 is 17.6 Å². The molecular weight excluding hydrogens is 438 g/mol. The molecule has 0 aliphatic heterocycles. The second kappa shape index (κ2) is 11.9. The number of nitrogens with zero attached hydrogens (tertiary/aromatic N) is 1. The molecule has 2 aromatic rings. The van der Waals surface area contributed by atoms with E-state index in [1.165, 1.54) is 11.1 Å². The minimum Gasteiger partial charge on any atom is -0.489 e. The second-order valence-corrected chi connectivity index (χ2v) is 10.1. The number of esters is 1. The van der Waals surface area contributed by atoms with E-state index in [4.69, 9.17) is 21.1 Å². The summed E-state index contributed by atoms with van der Waals surface area (Å²) in [4.78, 5) is 11.5. The van der Waals surface area contributed by atoms with Crippen molar-refractivity contribution in [1.29, 1.82) is 0 Å². The van der Waals surface area contributed by atoms with Gasteiger partial charge < -0.3 is 19.1 Å². The van der Waals surface area contributed by atoms with Gasteiger partial charge in [0.15, 0.2) is 0 Å². The molecule has 0 spiro atoms. The van der Waals surface area contributed by atoms with Crippen LogP contribution in [0, 0.1) is 5.92 Å². The predicted octanol–water partition coefficient (Wildman–Crippen LogP) is 4.46. The largest absolute Gasteiger partial charge is 0.489 e. The molecule has 1 atom stereocenters. The van der Waals surface area contributed by atoms with Gasteiger partial charge in [0, 0.05) is 12.8 Å². The molecule has 0 fully saturated rings. The molecule has 1 aliphatic carbocycles. The summed E-state index contributed by atoms with van der Waals surface area (Å²) in [6, 6.07) is 14.2. The van der Waals surface area contributed by atoms with E-state index in [9.17, 15) is 9.90 Å². The van der Waals surface area contributed by atoms with Gasteiger partial charge in [-0.05, 0) is 60.9 Å². The highest BCUT2D eigenvalue weighted by molar-refractivity contribution is 6.32. The van der Waals surface area contributed by atoms with Crippen molar-refractivity contribution < 1.29 is 23.9 Å². The number of hydrogen-bond acceptors (Lipinski definition) is 4. The van der Waals surface area contributed by atoms with Crippen LogP contribution >= 0.6 is 11.6 Å². The first-order chi connectivity index (χ1) is 15.8. The summed E-state index contributed by atoms with van der Waals surface area (Å²) in [6.45, 7) is 4.02. The van der Waals surface area contributed by atoms with Gasteiger partial charge in [-0.2, -0.15) is 0 Å². The first-order valence-electron chi connectivity index (χ1n) is 11.9. The highest BCUT2D eigenvalue weighted by atomic mass is 35.5. The van der Waals surface area contributed by atoms with Gasteiger partial charge in [0.25, 0.3) is 0 Å². The maximum absolute atomic E-state index is 11.5. The maximum atomic E-state index is 11.5. The summed E-state index contributed by atoms with van der Waals surface area (Å²) in [5.74, 6) is 1.02. The third kappa shape index (κ3) is 8.02. The van der Waals surface area contributed by atoms with Crippen molar-refractivity contribution in [3.8, 4) is 5.75 Å². The first-order valence-corrected chi connectivity index (χ1v) is 12.3. The van der Waals surface area contributed by atoms with Crippen molar-refractivity contribution in [1.82, 2.24) is 0 Å². The zero-order valence-corrected chi connectivity index (χ0v) is 20.8. The molecule has 0 bridgehead atoms. The summed E-state index contributed by atoms with van der Waals surface area (Å²) in [6.07, 6.45) is 3.78. The van der Waals surface area contributed by atoms with Gasteiger partial charge in [0.2, 0.25) is 0 Å². The number of carbonyl (C=O) groups is 1. The van der Waals surface area contributed by atoms with Gasteiger partial charge in [-0.25, -0.2) is 0 Å². The lowest BCUT2D eigenvalue weighted by Gasteiger charge is -2.32. The third-order valence-corrected chi connectivity index (χ3v) is 6.63. The molecule has 0 radical (unpaired) electrons. The van der Waals surface area contributed by atoms with Crippen LogP contribution < -0.4 is 4.74 Å². The van der Waals surface area contributed by atoms with Crippen LogP contribution in [0.25, 0.3) is 0 Å². The molecule has 0 heterocycles. The first kappa shape index (κ1) is 25.5. The Hall–Kier alpha value is -2.08. The molecule has 180 valence electrons. The fourth-order valence-electron chi connectivity index (χ4n) is 4.58. The number of hydrogen-bond donors (Lipinski definition) is 1. The monoisotopic (exact) mass is 474 g/mol. The predicted molar refractivity (Wildman–Crippen MR) is 132 cm³/mol. The van der Waals surface area contributed by atoms with E-state index >= 15 is 0 Å². The van der Waals surface area contributed by atoms with Gasteiger partial charge in [-0.1, -0.05) is 41.9 Å². The number of benzene rings is 2. The van der Waals surface area contributed by atoms with E-state index in [-0.39, 0.29) is 12.6 Å². The quantitative estimate of drug-likeness (QED) is 0.364. The third-order valence-electron chi connectivity index (χ3n) is 6.33. The molecular formula is C27H37ClNO4+. The zero-order chi connectivity index (χ0) is 23.8. The highest BCUT2D eigenvalue weighted by Crippen LogP contribution is 2.29. The molecule has 0 aromatic heterocycles. The lowest BCUT2D eigenvalue weighted by Crippen LogP contribution is -2.48. The number of fused-ring (bicyclic) bond motifs is 1. The molecule has 5 nitrogen and oxygen atoms in total. The summed E-state index contributed by atoms with van der Waals surface area (Å²) in [5.41, 5.74) is 3.93. The Balaban J connectivity index is 1.40. The van der Waals surface area contributed by atoms with Crippen LogP contribution in [0.3, 0.4) is 0 Å². The lowest BCUT2D eigenvalue weighted by atomic mass is 10.0. The van der Waals surface area contributed by atoms with E-state index < -0.39 is 6.10 Å². The lowest BCUT2D eigenvalue weighted by molar-refractivity contribution is -0.894. The molecule has 3 rings (SSSR count). The Morgan fingerprint density at radius 3 is 2.52 bits per heavy atom. The number of ether oxygens (including phenoxy) is 2. The van der Waals surface area contributed by atoms with E-state index in [2.05, 4.69) is 38.4 Å². The standard InChI is InChI=1S/C27H37ClNO4/c1-4-32-27(31)12-10-20-9-11-26(25(28)17-20)33-19-24(30)18-29(2,3)14-13-21-15-22-7-5-6-8-23(22)16-21/h5-9,11,17,21,24,30H,4,10,12-16,18-19H2,1-3H3/q+1/t24-/m1/s1. The number of aryl methyl sites for hydroxylation is 1. The van der Waals surface area contributed by atoms with Crippen LogP contribution in [-0.2, 0) is 28.8 Å². The number of aliphatic hydroxyl groups is 1. The number of halogens is 1. The molecule has 1 N–H and O–H groups in total. The van der Waals surface area contributed by atoms with Crippen LogP contribution in [0.1, 0.15) is 36.5 Å². The van der Waals surface area contributed by atoms with E-state index in [1.54, 1.807) is 13.0 Å². The Morgan fingerprint density at radius 2 is 1.88 bits per heavy atom.